The van der Waals surface area contributed by atoms with E-state index in [0.717, 1.165) is 19.5 Å². The minimum atomic E-state index is -0.659. The molecule has 0 spiro atoms. The molecule has 78 valence electrons. The molecule has 2 aliphatic heterocycles. The Labute approximate surface area is 83.8 Å². The third kappa shape index (κ3) is 1.60. The molecule has 2 atom stereocenters. The van der Waals surface area contributed by atoms with E-state index in [1.807, 2.05) is 0 Å². The Bertz CT molecular complexity index is 285. The van der Waals surface area contributed by atoms with Crippen LogP contribution in [0.3, 0.4) is 0 Å². The molecule has 0 aromatic carbocycles. The SMILES string of the molecule is CN1CCC(C2(N)N=CC(N)=CN2)C1. The molecule has 5 nitrogen and oxygen atoms in total. The van der Waals surface area contributed by atoms with Gasteiger partial charge in [0.2, 0.25) is 0 Å². The van der Waals surface area contributed by atoms with Crippen LogP contribution in [0.5, 0.6) is 0 Å². The van der Waals surface area contributed by atoms with Gasteiger partial charge in [-0.15, -0.1) is 0 Å². The fraction of sp³-hybridized carbons (Fsp3) is 0.667. The lowest BCUT2D eigenvalue weighted by Gasteiger charge is -2.33. The van der Waals surface area contributed by atoms with Gasteiger partial charge in [0.1, 0.15) is 0 Å². The molecule has 1 fully saturated rings. The number of hydrogen-bond donors (Lipinski definition) is 3. The van der Waals surface area contributed by atoms with Crippen molar-refractivity contribution in [2.24, 2.45) is 22.4 Å². The zero-order valence-electron chi connectivity index (χ0n) is 8.40. The summed E-state index contributed by atoms with van der Waals surface area (Å²) in [5.41, 5.74) is 12.3. The van der Waals surface area contributed by atoms with Gasteiger partial charge in [0.15, 0.2) is 5.79 Å². The monoisotopic (exact) mass is 195 g/mol. The summed E-state index contributed by atoms with van der Waals surface area (Å²) in [6, 6.07) is 0. The number of rotatable bonds is 1. The molecule has 0 amide bonds. The van der Waals surface area contributed by atoms with Crippen molar-refractivity contribution in [2.45, 2.75) is 12.2 Å². The summed E-state index contributed by atoms with van der Waals surface area (Å²) in [6.07, 6.45) is 4.44. The van der Waals surface area contributed by atoms with Crippen LogP contribution in [0.4, 0.5) is 0 Å². The lowest BCUT2D eigenvalue weighted by molar-refractivity contribution is 0.246. The Balaban J connectivity index is 2.07. The summed E-state index contributed by atoms with van der Waals surface area (Å²) in [5.74, 6) is -0.304. The van der Waals surface area contributed by atoms with E-state index in [1.165, 1.54) is 0 Å². The van der Waals surface area contributed by atoms with Gasteiger partial charge in [-0.1, -0.05) is 0 Å². The zero-order valence-corrected chi connectivity index (χ0v) is 8.40. The highest BCUT2D eigenvalue weighted by atomic mass is 15.3. The van der Waals surface area contributed by atoms with Gasteiger partial charge in [-0.05, 0) is 20.0 Å². The minimum Gasteiger partial charge on any atom is -0.396 e. The van der Waals surface area contributed by atoms with Gasteiger partial charge in [-0.3, -0.25) is 5.73 Å². The molecule has 0 saturated carbocycles. The number of hydrogen-bond acceptors (Lipinski definition) is 5. The van der Waals surface area contributed by atoms with E-state index in [1.54, 1.807) is 12.4 Å². The van der Waals surface area contributed by atoms with Crippen LogP contribution in [0.1, 0.15) is 6.42 Å². The predicted octanol–water partition coefficient (Wildman–Crippen LogP) is -0.975. The third-order valence-electron chi connectivity index (χ3n) is 2.91. The molecule has 5 N–H and O–H groups in total. The van der Waals surface area contributed by atoms with Crippen LogP contribution in [0.15, 0.2) is 16.9 Å². The molecular formula is C9H17N5. The van der Waals surface area contributed by atoms with Gasteiger partial charge in [0, 0.05) is 24.9 Å². The fourth-order valence-electron chi connectivity index (χ4n) is 1.97. The summed E-state index contributed by atoms with van der Waals surface area (Å²) in [4.78, 5) is 6.54. The molecule has 0 radical (unpaired) electrons. The first-order chi connectivity index (χ1) is 6.60. The number of nitrogens with one attached hydrogen (secondary N) is 1. The van der Waals surface area contributed by atoms with E-state index in [-0.39, 0.29) is 0 Å². The predicted molar refractivity (Wildman–Crippen MR) is 56.4 cm³/mol. The van der Waals surface area contributed by atoms with Crippen molar-refractivity contribution in [2.75, 3.05) is 20.1 Å². The van der Waals surface area contributed by atoms with Crippen molar-refractivity contribution in [1.29, 1.82) is 0 Å². The van der Waals surface area contributed by atoms with Gasteiger partial charge in [0.25, 0.3) is 0 Å². The second-order valence-electron chi connectivity index (χ2n) is 4.12. The first-order valence-corrected chi connectivity index (χ1v) is 4.86. The Hall–Kier alpha value is -1.07. The van der Waals surface area contributed by atoms with Crippen LogP contribution in [-0.2, 0) is 0 Å². The molecular weight excluding hydrogens is 178 g/mol. The van der Waals surface area contributed by atoms with Crippen molar-refractivity contribution in [3.05, 3.63) is 11.9 Å². The largest absolute Gasteiger partial charge is 0.396 e. The second kappa shape index (κ2) is 3.25. The highest BCUT2D eigenvalue weighted by molar-refractivity contribution is 5.78. The molecule has 0 aliphatic carbocycles. The molecule has 2 heterocycles. The number of aliphatic imine (C=N–C) groups is 1. The van der Waals surface area contributed by atoms with Crippen LogP contribution in [0, 0.1) is 5.92 Å². The van der Waals surface area contributed by atoms with Gasteiger partial charge in [0.05, 0.1) is 5.70 Å². The Kier molecular flexibility index (Phi) is 2.20. The highest BCUT2D eigenvalue weighted by Crippen LogP contribution is 2.25. The molecule has 1 saturated heterocycles. The van der Waals surface area contributed by atoms with E-state index in [4.69, 9.17) is 11.5 Å². The van der Waals surface area contributed by atoms with Gasteiger partial charge in [-0.25, -0.2) is 4.99 Å². The normalized spacial score (nSPS) is 38.1. The maximum atomic E-state index is 6.15. The number of allylic oxidation sites excluding steroid dienone is 1. The van der Waals surface area contributed by atoms with Crippen molar-refractivity contribution in [1.82, 2.24) is 10.2 Å². The maximum Gasteiger partial charge on any atom is 0.186 e. The van der Waals surface area contributed by atoms with Crippen LogP contribution in [0.2, 0.25) is 0 Å². The summed E-state index contributed by atoms with van der Waals surface area (Å²) < 4.78 is 0. The molecule has 0 aromatic rings. The fourth-order valence-corrected chi connectivity index (χ4v) is 1.97. The van der Waals surface area contributed by atoms with Gasteiger partial charge >= 0.3 is 0 Å². The van der Waals surface area contributed by atoms with Crippen LogP contribution in [0.25, 0.3) is 0 Å². The van der Waals surface area contributed by atoms with Crippen LogP contribution >= 0.6 is 0 Å². The maximum absolute atomic E-state index is 6.15. The van der Waals surface area contributed by atoms with E-state index < -0.39 is 5.79 Å². The Morgan fingerprint density at radius 2 is 2.50 bits per heavy atom. The summed E-state index contributed by atoms with van der Waals surface area (Å²) >= 11 is 0. The Morgan fingerprint density at radius 1 is 1.71 bits per heavy atom. The summed E-state index contributed by atoms with van der Waals surface area (Å²) in [6.45, 7) is 2.06. The minimum absolute atomic E-state index is 0.355. The van der Waals surface area contributed by atoms with E-state index in [0.29, 0.717) is 11.6 Å². The average molecular weight is 195 g/mol. The lowest BCUT2D eigenvalue weighted by atomic mass is 10.00. The third-order valence-corrected chi connectivity index (χ3v) is 2.91. The number of nitrogens with two attached hydrogens (primary N) is 2. The smallest absolute Gasteiger partial charge is 0.186 e. The lowest BCUT2D eigenvalue weighted by Crippen LogP contribution is -2.57. The molecule has 5 heteroatoms. The van der Waals surface area contributed by atoms with Crippen LogP contribution < -0.4 is 16.8 Å². The second-order valence-corrected chi connectivity index (χ2v) is 4.12. The Morgan fingerprint density at radius 3 is 3.00 bits per heavy atom. The quantitative estimate of drug-likeness (QED) is 0.502. The van der Waals surface area contributed by atoms with Gasteiger partial charge < -0.3 is 16.0 Å². The number of nitrogens with zero attached hydrogens (tertiary/aromatic N) is 2. The first-order valence-electron chi connectivity index (χ1n) is 4.86. The molecule has 0 aromatic heterocycles. The van der Waals surface area contributed by atoms with E-state index >= 15 is 0 Å². The van der Waals surface area contributed by atoms with E-state index in [9.17, 15) is 0 Å². The van der Waals surface area contributed by atoms with Crippen molar-refractivity contribution in [3.63, 3.8) is 0 Å². The summed E-state index contributed by atoms with van der Waals surface area (Å²) in [7, 11) is 2.10. The van der Waals surface area contributed by atoms with E-state index in [2.05, 4.69) is 22.3 Å². The zero-order chi connectivity index (χ0) is 10.2. The van der Waals surface area contributed by atoms with Crippen molar-refractivity contribution in [3.8, 4) is 0 Å². The standard InChI is InChI=1S/C9H17N5/c1-14-3-2-7(6-14)9(11)12-4-8(10)5-13-9/h4-5,7,12H,2-3,6,10-11H2,1H3. The first kappa shape index (κ1) is 9.48. The summed E-state index contributed by atoms with van der Waals surface area (Å²) in [5, 5.41) is 3.07. The van der Waals surface area contributed by atoms with Crippen molar-refractivity contribution >= 4 is 6.21 Å². The van der Waals surface area contributed by atoms with Crippen LogP contribution in [-0.4, -0.2) is 37.0 Å². The van der Waals surface area contributed by atoms with Gasteiger partial charge in [-0.2, -0.15) is 0 Å². The molecule has 0 bridgehead atoms. The van der Waals surface area contributed by atoms with Crippen molar-refractivity contribution < 1.29 is 0 Å². The molecule has 14 heavy (non-hydrogen) atoms. The molecule has 2 aliphatic rings. The molecule has 2 rings (SSSR count). The number of likely N-dealkylation sites (tertiary alicyclic amines) is 1. The average Bonchev–Trinajstić information content (AvgIpc) is 2.58. The topological polar surface area (TPSA) is 79.7 Å². The molecule has 2 unspecified atom stereocenters. The highest BCUT2D eigenvalue weighted by Gasteiger charge is 2.38.